The first kappa shape index (κ1) is 13.0. The summed E-state index contributed by atoms with van der Waals surface area (Å²) in [7, 11) is 0. The number of rotatable bonds is 3. The van der Waals surface area contributed by atoms with Crippen LogP contribution in [0, 0.1) is 0 Å². The Labute approximate surface area is 107 Å². The molecule has 2 aromatic rings. The average Bonchev–Trinajstić information content (AvgIpc) is 2.33. The number of nitrogens with zero attached hydrogens (tertiary/aromatic N) is 1. The third kappa shape index (κ3) is 3.51. The lowest BCUT2D eigenvalue weighted by molar-refractivity contribution is -0.274. The lowest BCUT2D eigenvalue weighted by Gasteiger charge is -2.15. The van der Waals surface area contributed by atoms with E-state index in [-0.39, 0.29) is 17.3 Å². The number of nitrogens with two attached hydrogens (primary N) is 1. The van der Waals surface area contributed by atoms with Gasteiger partial charge >= 0.3 is 6.36 Å². The number of hydrogen-bond acceptors (Lipinski definition) is 4. The second-order valence-corrected chi connectivity index (χ2v) is 3.61. The van der Waals surface area contributed by atoms with Gasteiger partial charge in [0.15, 0.2) is 5.75 Å². The standard InChI is InChI=1S/C12H10F3N3O/c13-12(14,15)19-10-6-2-1-4-8(10)18-9-5-3-7-17-11(9)16/h1-7,18H,(H2,16,17). The molecule has 100 valence electrons. The summed E-state index contributed by atoms with van der Waals surface area (Å²) in [5.74, 6) is -0.150. The minimum absolute atomic E-state index is 0.152. The van der Waals surface area contributed by atoms with E-state index in [9.17, 15) is 13.2 Å². The molecule has 7 heteroatoms. The van der Waals surface area contributed by atoms with Crippen molar-refractivity contribution >= 4 is 17.2 Å². The molecule has 0 aliphatic rings. The summed E-state index contributed by atoms with van der Waals surface area (Å²) in [6.45, 7) is 0. The molecule has 0 spiro atoms. The molecule has 3 N–H and O–H groups in total. The average molecular weight is 269 g/mol. The van der Waals surface area contributed by atoms with Crippen LogP contribution in [0.25, 0.3) is 0 Å². The summed E-state index contributed by atoms with van der Waals surface area (Å²) in [6, 6.07) is 8.91. The third-order valence-corrected chi connectivity index (χ3v) is 2.22. The Balaban J connectivity index is 2.28. The highest BCUT2D eigenvalue weighted by Crippen LogP contribution is 2.32. The van der Waals surface area contributed by atoms with Gasteiger partial charge in [0.2, 0.25) is 0 Å². The SMILES string of the molecule is Nc1ncccc1Nc1ccccc1OC(F)(F)F. The second-order valence-electron chi connectivity index (χ2n) is 3.61. The monoisotopic (exact) mass is 269 g/mol. The van der Waals surface area contributed by atoms with Crippen LogP contribution in [0.5, 0.6) is 5.75 Å². The molecular formula is C12H10F3N3O. The summed E-state index contributed by atoms with van der Waals surface area (Å²) in [6.07, 6.45) is -3.27. The van der Waals surface area contributed by atoms with Gasteiger partial charge in [-0.25, -0.2) is 4.98 Å². The van der Waals surface area contributed by atoms with E-state index in [1.807, 2.05) is 0 Å². The van der Waals surface area contributed by atoms with Crippen LogP contribution in [-0.2, 0) is 0 Å². The lowest BCUT2D eigenvalue weighted by Crippen LogP contribution is -2.17. The van der Waals surface area contributed by atoms with Crippen molar-refractivity contribution in [1.29, 1.82) is 0 Å². The minimum Gasteiger partial charge on any atom is -0.404 e. The van der Waals surface area contributed by atoms with Crippen molar-refractivity contribution in [2.75, 3.05) is 11.1 Å². The fourth-order valence-corrected chi connectivity index (χ4v) is 1.45. The van der Waals surface area contributed by atoms with E-state index in [2.05, 4.69) is 15.0 Å². The van der Waals surface area contributed by atoms with Crippen molar-refractivity contribution in [1.82, 2.24) is 4.98 Å². The molecule has 0 atom stereocenters. The fourth-order valence-electron chi connectivity index (χ4n) is 1.45. The van der Waals surface area contributed by atoms with Crippen LogP contribution in [0.3, 0.4) is 0 Å². The topological polar surface area (TPSA) is 60.2 Å². The molecule has 4 nitrogen and oxygen atoms in total. The number of alkyl halides is 3. The van der Waals surface area contributed by atoms with E-state index < -0.39 is 6.36 Å². The molecule has 0 fully saturated rings. The van der Waals surface area contributed by atoms with Crippen molar-refractivity contribution < 1.29 is 17.9 Å². The molecule has 0 unspecified atom stereocenters. The van der Waals surface area contributed by atoms with E-state index in [4.69, 9.17) is 5.73 Å². The summed E-state index contributed by atoms with van der Waals surface area (Å²) in [5.41, 5.74) is 6.16. The number of nitrogens with one attached hydrogen (secondary N) is 1. The fraction of sp³-hybridized carbons (Fsp3) is 0.0833. The Morgan fingerprint density at radius 3 is 2.42 bits per heavy atom. The maximum atomic E-state index is 12.3. The molecule has 0 saturated carbocycles. The smallest absolute Gasteiger partial charge is 0.404 e. The zero-order valence-electron chi connectivity index (χ0n) is 9.61. The predicted molar refractivity (Wildman–Crippen MR) is 65.1 cm³/mol. The van der Waals surface area contributed by atoms with Crippen molar-refractivity contribution in [2.24, 2.45) is 0 Å². The Morgan fingerprint density at radius 2 is 1.74 bits per heavy atom. The number of anilines is 3. The zero-order chi connectivity index (χ0) is 13.9. The van der Waals surface area contributed by atoms with Crippen LogP contribution in [0.2, 0.25) is 0 Å². The normalized spacial score (nSPS) is 11.1. The van der Waals surface area contributed by atoms with Crippen LogP contribution in [0.4, 0.5) is 30.4 Å². The number of hydrogen-bond donors (Lipinski definition) is 2. The van der Waals surface area contributed by atoms with Crippen LogP contribution in [0.15, 0.2) is 42.6 Å². The number of aromatic nitrogens is 1. The first-order chi connectivity index (χ1) is 8.96. The molecule has 0 radical (unpaired) electrons. The molecule has 1 heterocycles. The van der Waals surface area contributed by atoms with Gasteiger partial charge in [-0.1, -0.05) is 12.1 Å². The quantitative estimate of drug-likeness (QED) is 0.897. The van der Waals surface area contributed by atoms with Gasteiger partial charge in [0.1, 0.15) is 5.82 Å². The van der Waals surface area contributed by atoms with E-state index >= 15 is 0 Å². The van der Waals surface area contributed by atoms with Gasteiger partial charge in [-0.3, -0.25) is 0 Å². The Hall–Kier alpha value is -2.44. The maximum Gasteiger partial charge on any atom is 0.573 e. The predicted octanol–water partition coefficient (Wildman–Crippen LogP) is 3.31. The maximum absolute atomic E-state index is 12.3. The lowest BCUT2D eigenvalue weighted by atomic mass is 10.2. The molecule has 0 aliphatic carbocycles. The first-order valence-electron chi connectivity index (χ1n) is 5.28. The van der Waals surface area contributed by atoms with Crippen LogP contribution in [-0.4, -0.2) is 11.3 Å². The molecule has 0 bridgehead atoms. The summed E-state index contributed by atoms with van der Waals surface area (Å²) in [5, 5.41) is 2.75. The van der Waals surface area contributed by atoms with Crippen LogP contribution in [0.1, 0.15) is 0 Å². The molecule has 0 aliphatic heterocycles. The van der Waals surface area contributed by atoms with Gasteiger partial charge in [-0.15, -0.1) is 13.2 Å². The van der Waals surface area contributed by atoms with E-state index in [1.165, 1.54) is 24.4 Å². The van der Waals surface area contributed by atoms with Crippen LogP contribution < -0.4 is 15.8 Å². The number of para-hydroxylation sites is 2. The van der Waals surface area contributed by atoms with E-state index in [0.717, 1.165) is 0 Å². The number of nitrogen functional groups attached to an aromatic ring is 1. The highest BCUT2D eigenvalue weighted by Gasteiger charge is 2.32. The number of benzene rings is 1. The van der Waals surface area contributed by atoms with Crippen molar-refractivity contribution in [3.63, 3.8) is 0 Å². The molecular weight excluding hydrogens is 259 g/mol. The molecule has 1 aromatic heterocycles. The van der Waals surface area contributed by atoms with Gasteiger partial charge in [0, 0.05) is 6.20 Å². The van der Waals surface area contributed by atoms with Gasteiger partial charge in [-0.2, -0.15) is 0 Å². The molecule has 0 amide bonds. The van der Waals surface area contributed by atoms with Crippen molar-refractivity contribution in [3.8, 4) is 5.75 Å². The minimum atomic E-state index is -4.75. The summed E-state index contributed by atoms with van der Waals surface area (Å²) in [4.78, 5) is 3.83. The summed E-state index contributed by atoms with van der Waals surface area (Å²) >= 11 is 0. The number of halogens is 3. The van der Waals surface area contributed by atoms with E-state index in [0.29, 0.717) is 5.69 Å². The molecule has 0 saturated heterocycles. The van der Waals surface area contributed by atoms with Crippen molar-refractivity contribution in [2.45, 2.75) is 6.36 Å². The highest BCUT2D eigenvalue weighted by atomic mass is 19.4. The Bertz CT molecular complexity index is 572. The number of pyridine rings is 1. The van der Waals surface area contributed by atoms with Crippen molar-refractivity contribution in [3.05, 3.63) is 42.6 Å². The molecule has 2 rings (SSSR count). The van der Waals surface area contributed by atoms with Crippen LogP contribution >= 0.6 is 0 Å². The van der Waals surface area contributed by atoms with E-state index in [1.54, 1.807) is 18.2 Å². The van der Waals surface area contributed by atoms with Gasteiger partial charge < -0.3 is 15.8 Å². The second kappa shape index (κ2) is 5.05. The highest BCUT2D eigenvalue weighted by molar-refractivity contribution is 5.72. The zero-order valence-corrected chi connectivity index (χ0v) is 9.61. The van der Waals surface area contributed by atoms with Gasteiger partial charge in [0.05, 0.1) is 11.4 Å². The number of ether oxygens (including phenoxy) is 1. The Morgan fingerprint density at radius 1 is 1.05 bits per heavy atom. The van der Waals surface area contributed by atoms with Gasteiger partial charge in [-0.05, 0) is 24.3 Å². The van der Waals surface area contributed by atoms with Gasteiger partial charge in [0.25, 0.3) is 0 Å². The third-order valence-electron chi connectivity index (χ3n) is 2.22. The molecule has 1 aromatic carbocycles. The largest absolute Gasteiger partial charge is 0.573 e. The summed E-state index contributed by atoms with van der Waals surface area (Å²) < 4.78 is 40.7. The Kier molecular flexibility index (Phi) is 3.46. The molecule has 19 heavy (non-hydrogen) atoms. The first-order valence-corrected chi connectivity index (χ1v) is 5.28.